The van der Waals surface area contributed by atoms with Crippen LogP contribution in [0.1, 0.15) is 30.6 Å². The molecule has 36 heavy (non-hydrogen) atoms. The zero-order valence-corrected chi connectivity index (χ0v) is 24.0. The van der Waals surface area contributed by atoms with Gasteiger partial charge >= 0.3 is 0 Å². The first kappa shape index (κ1) is 27.6. The maximum Gasteiger partial charge on any atom is 0.252 e. The van der Waals surface area contributed by atoms with Crippen molar-refractivity contribution in [3.8, 4) is 0 Å². The molecule has 0 aliphatic carbocycles. The second kappa shape index (κ2) is 12.4. The Morgan fingerprint density at radius 3 is 2.42 bits per heavy atom. The van der Waals surface area contributed by atoms with Crippen LogP contribution >= 0.6 is 27.7 Å². The summed E-state index contributed by atoms with van der Waals surface area (Å²) in [4.78, 5) is 17.4. The van der Waals surface area contributed by atoms with E-state index < -0.39 is 10.0 Å². The highest BCUT2D eigenvalue weighted by Gasteiger charge is 2.32. The Kier molecular flexibility index (Phi) is 9.51. The average Bonchev–Trinajstić information content (AvgIpc) is 2.85. The van der Waals surface area contributed by atoms with Gasteiger partial charge in [0.05, 0.1) is 23.7 Å². The Labute approximate surface area is 227 Å². The molecule has 0 unspecified atom stereocenters. The van der Waals surface area contributed by atoms with Gasteiger partial charge in [0.2, 0.25) is 10.0 Å². The molecule has 0 spiro atoms. The Bertz CT molecular complexity index is 1140. The number of halogens is 1. The van der Waals surface area contributed by atoms with Crippen molar-refractivity contribution in [1.29, 1.82) is 0 Å². The van der Waals surface area contributed by atoms with Crippen LogP contribution in [-0.2, 0) is 14.8 Å². The van der Waals surface area contributed by atoms with Crippen LogP contribution in [-0.4, -0.2) is 76.0 Å². The number of hydrogen-bond acceptors (Lipinski definition) is 6. The molecule has 0 radical (unpaired) electrons. The van der Waals surface area contributed by atoms with E-state index in [4.69, 9.17) is 4.74 Å². The van der Waals surface area contributed by atoms with E-state index in [0.717, 1.165) is 40.3 Å². The van der Waals surface area contributed by atoms with Crippen molar-refractivity contribution in [3.05, 3.63) is 52.5 Å². The van der Waals surface area contributed by atoms with E-state index in [2.05, 4.69) is 40.0 Å². The van der Waals surface area contributed by atoms with E-state index in [1.54, 1.807) is 22.5 Å². The molecule has 0 saturated carbocycles. The molecule has 2 heterocycles. The summed E-state index contributed by atoms with van der Waals surface area (Å²) in [5.74, 6) is 0.345. The average molecular weight is 597 g/mol. The lowest BCUT2D eigenvalue weighted by Crippen LogP contribution is -2.42. The second-order valence-corrected chi connectivity index (χ2v) is 13.7. The third-order valence-electron chi connectivity index (χ3n) is 6.53. The van der Waals surface area contributed by atoms with Gasteiger partial charge in [0.15, 0.2) is 0 Å². The number of carbonyl (C=O) groups is 1. The van der Waals surface area contributed by atoms with Gasteiger partial charge in [-0.15, -0.1) is 0 Å². The van der Waals surface area contributed by atoms with Crippen molar-refractivity contribution in [3.63, 3.8) is 0 Å². The van der Waals surface area contributed by atoms with Gasteiger partial charge in [-0.2, -0.15) is 4.31 Å². The van der Waals surface area contributed by atoms with E-state index in [-0.39, 0.29) is 10.8 Å². The minimum atomic E-state index is -3.70. The third kappa shape index (κ3) is 7.11. The van der Waals surface area contributed by atoms with Gasteiger partial charge < -0.3 is 10.1 Å². The molecule has 7 nitrogen and oxygen atoms in total. The van der Waals surface area contributed by atoms with Crippen LogP contribution in [0, 0.1) is 11.8 Å². The topological polar surface area (TPSA) is 79.0 Å². The quantitative estimate of drug-likeness (QED) is 0.489. The smallest absolute Gasteiger partial charge is 0.252 e. The fraction of sp³-hybridized carbons (Fsp3) is 0.500. The fourth-order valence-corrected chi connectivity index (χ4v) is 7.66. The number of morpholine rings is 1. The lowest BCUT2D eigenvalue weighted by atomic mass is 9.94. The molecule has 2 atom stereocenters. The fourth-order valence-electron chi connectivity index (χ4n) is 4.76. The molecule has 1 amide bonds. The number of ether oxygens (including phenoxy) is 1. The Balaban J connectivity index is 1.57. The maximum absolute atomic E-state index is 13.5. The van der Waals surface area contributed by atoms with Gasteiger partial charge in [-0.1, -0.05) is 41.5 Å². The Morgan fingerprint density at radius 2 is 1.75 bits per heavy atom. The highest BCUT2D eigenvalue weighted by molar-refractivity contribution is 9.10. The molecule has 0 aromatic heterocycles. The lowest BCUT2D eigenvalue weighted by Gasteiger charge is -2.34. The van der Waals surface area contributed by atoms with Crippen molar-refractivity contribution in [2.75, 3.05) is 52.5 Å². The third-order valence-corrected chi connectivity index (χ3v) is 9.97. The van der Waals surface area contributed by atoms with Crippen molar-refractivity contribution >= 4 is 43.6 Å². The molecular weight excluding hydrogens is 562 g/mol. The Hall–Kier alpha value is -1.43. The zero-order valence-electron chi connectivity index (χ0n) is 20.8. The number of sulfonamides is 1. The van der Waals surface area contributed by atoms with Gasteiger partial charge in [0.25, 0.3) is 5.91 Å². The first-order chi connectivity index (χ1) is 17.2. The van der Waals surface area contributed by atoms with Gasteiger partial charge in [-0.25, -0.2) is 8.42 Å². The first-order valence-electron chi connectivity index (χ1n) is 12.4. The molecular formula is C26H34BrN3O4S2. The SMILES string of the molecule is C[C@@H]1C[C@H](C)CN(S(=O)(=O)c2ccc(Sc3ccc(Br)cc3)c(C(=O)NCCN3CCOCC3)c2)C1. The number of piperidine rings is 1. The molecule has 10 heteroatoms. The summed E-state index contributed by atoms with van der Waals surface area (Å²) in [6, 6.07) is 12.8. The van der Waals surface area contributed by atoms with E-state index in [9.17, 15) is 13.2 Å². The summed E-state index contributed by atoms with van der Waals surface area (Å²) in [5.41, 5.74) is 0.379. The number of amides is 1. The van der Waals surface area contributed by atoms with Crippen molar-refractivity contribution in [2.24, 2.45) is 11.8 Å². The van der Waals surface area contributed by atoms with Crippen LogP contribution in [0.25, 0.3) is 0 Å². The number of rotatable bonds is 8. The summed E-state index contributed by atoms with van der Waals surface area (Å²) in [6.45, 7) is 9.50. The summed E-state index contributed by atoms with van der Waals surface area (Å²) < 4.78 is 35.0. The van der Waals surface area contributed by atoms with E-state index in [0.29, 0.717) is 50.2 Å². The summed E-state index contributed by atoms with van der Waals surface area (Å²) >= 11 is 4.90. The van der Waals surface area contributed by atoms with Crippen molar-refractivity contribution in [2.45, 2.75) is 35.0 Å². The highest BCUT2D eigenvalue weighted by Crippen LogP contribution is 2.34. The molecule has 0 bridgehead atoms. The van der Waals surface area contributed by atoms with Crippen LogP contribution in [0.15, 0.2) is 61.6 Å². The highest BCUT2D eigenvalue weighted by atomic mass is 79.9. The van der Waals surface area contributed by atoms with Crippen molar-refractivity contribution in [1.82, 2.24) is 14.5 Å². The molecule has 2 aliphatic rings. The number of benzene rings is 2. The molecule has 1 N–H and O–H groups in total. The van der Waals surface area contributed by atoms with Crippen LogP contribution < -0.4 is 5.32 Å². The minimum absolute atomic E-state index is 0.169. The van der Waals surface area contributed by atoms with Gasteiger partial charge in [-0.3, -0.25) is 9.69 Å². The molecule has 2 fully saturated rings. The van der Waals surface area contributed by atoms with Crippen LogP contribution in [0.2, 0.25) is 0 Å². The standard InChI is InChI=1S/C26H34BrN3O4S2/c1-19-15-20(2)18-30(17-19)36(32,33)23-7-8-25(35-22-5-3-21(27)4-6-22)24(16-23)26(31)28-9-10-29-11-13-34-14-12-29/h3-8,16,19-20H,9-15,17-18H2,1-2H3,(H,28,31)/t19-,20+. The summed E-state index contributed by atoms with van der Waals surface area (Å²) in [5, 5.41) is 3.00. The van der Waals surface area contributed by atoms with Crippen LogP contribution in [0.4, 0.5) is 0 Å². The van der Waals surface area contributed by atoms with E-state index in [1.807, 2.05) is 24.3 Å². The molecule has 2 saturated heterocycles. The molecule has 4 rings (SSSR count). The van der Waals surface area contributed by atoms with Crippen LogP contribution in [0.5, 0.6) is 0 Å². The van der Waals surface area contributed by atoms with Crippen LogP contribution in [0.3, 0.4) is 0 Å². The zero-order chi connectivity index (χ0) is 25.7. The Morgan fingerprint density at radius 1 is 1.08 bits per heavy atom. The predicted molar refractivity (Wildman–Crippen MR) is 146 cm³/mol. The first-order valence-corrected chi connectivity index (χ1v) is 15.4. The second-order valence-electron chi connectivity index (χ2n) is 9.69. The summed E-state index contributed by atoms with van der Waals surface area (Å²) in [6.07, 6.45) is 1.02. The van der Waals surface area contributed by atoms with Crippen molar-refractivity contribution < 1.29 is 17.9 Å². The predicted octanol–water partition coefficient (Wildman–Crippen LogP) is 4.33. The minimum Gasteiger partial charge on any atom is -0.379 e. The summed E-state index contributed by atoms with van der Waals surface area (Å²) in [7, 11) is -3.70. The lowest BCUT2D eigenvalue weighted by molar-refractivity contribution is 0.0383. The largest absolute Gasteiger partial charge is 0.379 e. The number of nitrogens with zero attached hydrogens (tertiary/aromatic N) is 2. The number of hydrogen-bond donors (Lipinski definition) is 1. The number of carbonyl (C=O) groups excluding carboxylic acids is 1. The normalized spacial score (nSPS) is 21.9. The van der Waals surface area contributed by atoms with Gasteiger partial charge in [0, 0.05) is 53.5 Å². The maximum atomic E-state index is 13.5. The molecule has 196 valence electrons. The van der Waals surface area contributed by atoms with E-state index in [1.165, 1.54) is 11.8 Å². The molecule has 2 aliphatic heterocycles. The molecule has 2 aromatic carbocycles. The molecule has 2 aromatic rings. The van der Waals surface area contributed by atoms with E-state index >= 15 is 0 Å². The van der Waals surface area contributed by atoms with Gasteiger partial charge in [0.1, 0.15) is 0 Å². The van der Waals surface area contributed by atoms with Gasteiger partial charge in [-0.05, 0) is 60.7 Å². The number of nitrogens with one attached hydrogen (secondary N) is 1. The monoisotopic (exact) mass is 595 g/mol.